The molecule has 0 spiro atoms. The number of amides is 2. The number of hydrogen-bond donors (Lipinski definition) is 1. The quantitative estimate of drug-likeness (QED) is 0.827. The van der Waals surface area contributed by atoms with Crippen LogP contribution in [-0.2, 0) is 21.4 Å². The number of benzene rings is 1. The molecule has 7 nitrogen and oxygen atoms in total. The molecule has 1 unspecified atom stereocenters. The Balaban J connectivity index is 1.60. The van der Waals surface area contributed by atoms with E-state index in [1.807, 2.05) is 12.1 Å². The average Bonchev–Trinajstić information content (AvgIpc) is 3.13. The number of sulfonamides is 1. The van der Waals surface area contributed by atoms with Crippen LogP contribution >= 0.6 is 0 Å². The van der Waals surface area contributed by atoms with Gasteiger partial charge >= 0.3 is 0 Å². The van der Waals surface area contributed by atoms with Crippen LogP contribution in [0.3, 0.4) is 0 Å². The Kier molecular flexibility index (Phi) is 4.83. The minimum absolute atomic E-state index is 0.0160. The van der Waals surface area contributed by atoms with Gasteiger partial charge in [0.15, 0.2) is 0 Å². The maximum absolute atomic E-state index is 12.5. The second-order valence-corrected chi connectivity index (χ2v) is 8.88. The summed E-state index contributed by atoms with van der Waals surface area (Å²) in [7, 11) is -3.43. The van der Waals surface area contributed by atoms with Gasteiger partial charge in [0.05, 0.1) is 5.25 Å². The summed E-state index contributed by atoms with van der Waals surface area (Å²) in [5.41, 5.74) is 1.56. The highest BCUT2D eigenvalue weighted by Crippen LogP contribution is 2.23. The summed E-state index contributed by atoms with van der Waals surface area (Å²) in [4.78, 5) is 27.9. The smallest absolute Gasteiger partial charge is 0.254 e. The van der Waals surface area contributed by atoms with Crippen molar-refractivity contribution in [3.05, 3.63) is 35.4 Å². The highest BCUT2D eigenvalue weighted by molar-refractivity contribution is 7.90. The van der Waals surface area contributed by atoms with Crippen molar-refractivity contribution in [3.63, 3.8) is 0 Å². The van der Waals surface area contributed by atoms with Crippen molar-refractivity contribution in [3.8, 4) is 0 Å². The fourth-order valence-electron chi connectivity index (χ4n) is 3.34. The Morgan fingerprint density at radius 3 is 2.72 bits per heavy atom. The van der Waals surface area contributed by atoms with Gasteiger partial charge in [-0.05, 0) is 31.9 Å². The van der Waals surface area contributed by atoms with Crippen molar-refractivity contribution in [2.24, 2.45) is 0 Å². The van der Waals surface area contributed by atoms with E-state index in [1.165, 1.54) is 4.90 Å². The molecular formula is C17H23N3O4S. The molecule has 1 fully saturated rings. The molecule has 25 heavy (non-hydrogen) atoms. The van der Waals surface area contributed by atoms with Crippen molar-refractivity contribution in [1.29, 1.82) is 0 Å². The van der Waals surface area contributed by atoms with E-state index in [0.29, 0.717) is 25.1 Å². The Bertz CT molecular complexity index is 791. The second kappa shape index (κ2) is 6.76. The predicted molar refractivity (Wildman–Crippen MR) is 93.4 cm³/mol. The van der Waals surface area contributed by atoms with Gasteiger partial charge in [0.1, 0.15) is 6.54 Å². The number of hydrogen-bond acceptors (Lipinski definition) is 4. The highest BCUT2D eigenvalue weighted by Gasteiger charge is 2.37. The Morgan fingerprint density at radius 1 is 1.32 bits per heavy atom. The molecule has 0 bridgehead atoms. The third-order valence-electron chi connectivity index (χ3n) is 4.56. The monoisotopic (exact) mass is 365 g/mol. The van der Waals surface area contributed by atoms with E-state index in [2.05, 4.69) is 4.72 Å². The Morgan fingerprint density at radius 2 is 2.04 bits per heavy atom. The van der Waals surface area contributed by atoms with E-state index in [0.717, 1.165) is 5.56 Å². The van der Waals surface area contributed by atoms with Gasteiger partial charge in [-0.1, -0.05) is 18.2 Å². The van der Waals surface area contributed by atoms with Crippen LogP contribution in [0, 0.1) is 0 Å². The highest BCUT2D eigenvalue weighted by atomic mass is 32.2. The summed E-state index contributed by atoms with van der Waals surface area (Å²) >= 11 is 0. The molecule has 2 amide bonds. The van der Waals surface area contributed by atoms with Crippen molar-refractivity contribution in [1.82, 2.24) is 14.5 Å². The van der Waals surface area contributed by atoms with Gasteiger partial charge in [-0.2, -0.15) is 0 Å². The number of carbonyl (C=O) groups excluding carboxylic acids is 2. The molecule has 2 aliphatic heterocycles. The van der Waals surface area contributed by atoms with Crippen molar-refractivity contribution in [2.75, 3.05) is 19.6 Å². The molecular weight excluding hydrogens is 342 g/mol. The lowest BCUT2D eigenvalue weighted by atomic mass is 10.1. The van der Waals surface area contributed by atoms with Crippen molar-refractivity contribution in [2.45, 2.75) is 38.1 Å². The van der Waals surface area contributed by atoms with E-state index >= 15 is 0 Å². The van der Waals surface area contributed by atoms with Crippen LogP contribution in [0.4, 0.5) is 0 Å². The number of nitrogens with one attached hydrogen (secondary N) is 1. The molecule has 1 aromatic carbocycles. The van der Waals surface area contributed by atoms with E-state index in [-0.39, 0.29) is 30.9 Å². The summed E-state index contributed by atoms with van der Waals surface area (Å²) in [5, 5.41) is -0.592. The molecule has 1 N–H and O–H groups in total. The summed E-state index contributed by atoms with van der Waals surface area (Å²) in [6.07, 6.45) is 0.419. The molecule has 1 saturated heterocycles. The lowest BCUT2D eigenvalue weighted by Crippen LogP contribution is -2.42. The van der Waals surface area contributed by atoms with Gasteiger partial charge < -0.3 is 9.80 Å². The topological polar surface area (TPSA) is 86.8 Å². The van der Waals surface area contributed by atoms with Gasteiger partial charge in [0.25, 0.3) is 5.91 Å². The van der Waals surface area contributed by atoms with Gasteiger partial charge in [0.2, 0.25) is 15.9 Å². The number of fused-ring (bicyclic) bond motifs is 1. The minimum Gasteiger partial charge on any atom is -0.340 e. The SMILES string of the molecule is CC(C)NS(=O)(=O)C1CCN(C(=O)CN2Cc3ccccc3C2=O)C1. The van der Waals surface area contributed by atoms with Crippen molar-refractivity contribution >= 4 is 21.8 Å². The molecule has 0 saturated carbocycles. The van der Waals surface area contributed by atoms with Crippen LogP contribution < -0.4 is 4.72 Å². The molecule has 136 valence electrons. The summed E-state index contributed by atoms with van der Waals surface area (Å²) in [5.74, 6) is -0.350. The third kappa shape index (κ3) is 3.69. The molecule has 3 rings (SSSR count). The minimum atomic E-state index is -3.43. The molecule has 1 aromatic rings. The van der Waals surface area contributed by atoms with Crippen molar-refractivity contribution < 1.29 is 18.0 Å². The largest absolute Gasteiger partial charge is 0.340 e. The van der Waals surface area contributed by atoms with Crippen LogP contribution in [0.2, 0.25) is 0 Å². The van der Waals surface area contributed by atoms with Gasteiger partial charge in [-0.25, -0.2) is 13.1 Å². The molecule has 0 radical (unpaired) electrons. The number of nitrogens with zero attached hydrogens (tertiary/aromatic N) is 2. The lowest BCUT2D eigenvalue weighted by Gasteiger charge is -2.21. The molecule has 2 heterocycles. The van der Waals surface area contributed by atoms with E-state index < -0.39 is 15.3 Å². The van der Waals surface area contributed by atoms with E-state index in [1.54, 1.807) is 30.9 Å². The maximum Gasteiger partial charge on any atom is 0.254 e. The maximum atomic E-state index is 12.5. The first-order valence-electron chi connectivity index (χ1n) is 8.44. The van der Waals surface area contributed by atoms with Crippen LogP contribution in [0.25, 0.3) is 0 Å². The number of carbonyl (C=O) groups is 2. The molecule has 1 atom stereocenters. The first-order chi connectivity index (χ1) is 11.8. The van der Waals surface area contributed by atoms with E-state index in [9.17, 15) is 18.0 Å². The van der Waals surface area contributed by atoms with Crippen LogP contribution in [0.5, 0.6) is 0 Å². The van der Waals surface area contributed by atoms with Gasteiger partial charge in [0, 0.05) is 31.2 Å². The molecule has 0 aromatic heterocycles. The van der Waals surface area contributed by atoms with E-state index in [4.69, 9.17) is 0 Å². The van der Waals surface area contributed by atoms with Crippen LogP contribution in [0.1, 0.15) is 36.2 Å². The summed E-state index contributed by atoms with van der Waals surface area (Å²) in [6, 6.07) is 7.15. The van der Waals surface area contributed by atoms with Gasteiger partial charge in [-0.3, -0.25) is 9.59 Å². The Hall–Kier alpha value is -1.93. The zero-order valence-corrected chi connectivity index (χ0v) is 15.3. The zero-order chi connectivity index (χ0) is 18.2. The molecule has 8 heteroatoms. The standard InChI is InChI=1S/C17H23N3O4S/c1-12(2)18-25(23,24)14-7-8-19(10-14)16(21)11-20-9-13-5-3-4-6-15(13)17(20)22/h3-6,12,14,18H,7-11H2,1-2H3. The lowest BCUT2D eigenvalue weighted by molar-refractivity contribution is -0.130. The fraction of sp³-hybridized carbons (Fsp3) is 0.529. The molecule has 0 aliphatic carbocycles. The molecule has 2 aliphatic rings. The predicted octanol–water partition coefficient (Wildman–Crippen LogP) is 0.571. The van der Waals surface area contributed by atoms with Crippen LogP contribution in [-0.4, -0.2) is 61.0 Å². The normalized spacial score (nSPS) is 20.4. The van der Waals surface area contributed by atoms with Crippen LogP contribution in [0.15, 0.2) is 24.3 Å². The Labute approximate surface area is 148 Å². The number of likely N-dealkylation sites (tertiary alicyclic amines) is 1. The number of rotatable bonds is 5. The first-order valence-corrected chi connectivity index (χ1v) is 9.98. The fourth-order valence-corrected chi connectivity index (χ4v) is 4.98. The second-order valence-electron chi connectivity index (χ2n) is 6.89. The average molecular weight is 365 g/mol. The zero-order valence-electron chi connectivity index (χ0n) is 14.4. The summed E-state index contributed by atoms with van der Waals surface area (Å²) in [6.45, 7) is 4.52. The summed E-state index contributed by atoms with van der Waals surface area (Å²) < 4.78 is 27.1. The first kappa shape index (κ1) is 17.9. The van der Waals surface area contributed by atoms with Gasteiger partial charge in [-0.15, -0.1) is 0 Å². The third-order valence-corrected chi connectivity index (χ3v) is 6.62.